The molecule has 0 atom stereocenters. The Bertz CT molecular complexity index is 605. The van der Waals surface area contributed by atoms with Gasteiger partial charge in [0.2, 0.25) is 5.91 Å². The molecule has 0 bridgehead atoms. The maximum absolute atomic E-state index is 13.0. The van der Waals surface area contributed by atoms with Gasteiger partial charge in [-0.1, -0.05) is 26.3 Å². The molecule has 0 aromatic heterocycles. The van der Waals surface area contributed by atoms with Crippen LogP contribution in [0.1, 0.15) is 71.6 Å². The fraction of sp³-hybridized carbons (Fsp3) is 0.750. The number of imide groups is 1. The summed E-state index contributed by atoms with van der Waals surface area (Å²) in [6.07, 6.45) is 10.3. The molecule has 1 spiro atoms. The van der Waals surface area contributed by atoms with Crippen molar-refractivity contribution in [1.82, 2.24) is 15.1 Å². The number of rotatable bonds is 6. The Hall–Kier alpha value is -1.85. The van der Waals surface area contributed by atoms with Crippen molar-refractivity contribution >= 4 is 17.8 Å². The third-order valence-electron chi connectivity index (χ3n) is 6.19. The second-order valence-electron chi connectivity index (χ2n) is 7.89. The molecule has 0 aromatic rings. The number of urea groups is 1. The van der Waals surface area contributed by atoms with Crippen LogP contribution in [-0.4, -0.2) is 46.3 Å². The topological polar surface area (TPSA) is 69.7 Å². The van der Waals surface area contributed by atoms with Crippen LogP contribution in [0, 0.1) is 5.92 Å². The molecule has 0 aromatic carbocycles. The van der Waals surface area contributed by atoms with E-state index < -0.39 is 11.6 Å². The highest BCUT2D eigenvalue weighted by atomic mass is 16.2. The average Bonchev–Trinajstić information content (AvgIpc) is 3.24. The minimum absolute atomic E-state index is 0.150. The molecule has 6 nitrogen and oxygen atoms in total. The van der Waals surface area contributed by atoms with Gasteiger partial charge in [0.1, 0.15) is 12.1 Å². The van der Waals surface area contributed by atoms with Crippen molar-refractivity contribution < 1.29 is 14.4 Å². The van der Waals surface area contributed by atoms with Crippen molar-refractivity contribution in [3.8, 4) is 0 Å². The van der Waals surface area contributed by atoms with Crippen molar-refractivity contribution in [2.45, 2.75) is 77.2 Å². The lowest BCUT2D eigenvalue weighted by atomic mass is 9.75. The first-order valence-corrected chi connectivity index (χ1v) is 10.1. The molecule has 2 fully saturated rings. The van der Waals surface area contributed by atoms with Gasteiger partial charge in [0, 0.05) is 12.2 Å². The van der Waals surface area contributed by atoms with E-state index in [9.17, 15) is 14.4 Å². The molecule has 6 heteroatoms. The average molecular weight is 361 g/mol. The van der Waals surface area contributed by atoms with Crippen LogP contribution in [0.3, 0.4) is 0 Å². The molecular weight excluding hydrogens is 330 g/mol. The minimum Gasteiger partial charge on any atom is -0.323 e. The predicted molar refractivity (Wildman–Crippen MR) is 99.2 cm³/mol. The van der Waals surface area contributed by atoms with E-state index in [2.05, 4.69) is 18.3 Å². The SMILES string of the molecule is CCCN(C(=O)CN1C(=O)NC2(CCC(CC)CC2)C1=O)C1=CCCC1. The van der Waals surface area contributed by atoms with E-state index in [4.69, 9.17) is 0 Å². The fourth-order valence-electron chi connectivity index (χ4n) is 4.51. The molecule has 1 saturated heterocycles. The normalized spacial score (nSPS) is 28.5. The molecule has 1 aliphatic heterocycles. The Morgan fingerprint density at radius 1 is 1.31 bits per heavy atom. The smallest absolute Gasteiger partial charge is 0.323 e. The molecule has 3 aliphatic rings. The first-order chi connectivity index (χ1) is 12.5. The zero-order chi connectivity index (χ0) is 18.7. The highest BCUT2D eigenvalue weighted by Gasteiger charge is 2.52. The van der Waals surface area contributed by atoms with Crippen molar-refractivity contribution in [2.24, 2.45) is 5.92 Å². The number of carbonyl (C=O) groups excluding carboxylic acids is 3. The van der Waals surface area contributed by atoms with Gasteiger partial charge in [0.15, 0.2) is 0 Å². The zero-order valence-electron chi connectivity index (χ0n) is 16.1. The monoisotopic (exact) mass is 361 g/mol. The first kappa shape index (κ1) is 18.9. The standard InChI is InChI=1S/C20H31N3O3/c1-3-13-22(16-7-5-6-8-16)17(24)14-23-18(25)20(21-19(23)26)11-9-15(4-2)10-12-20/h7,15H,3-6,8-14H2,1-2H3,(H,21,26). The van der Waals surface area contributed by atoms with Crippen LogP contribution in [0.4, 0.5) is 4.79 Å². The highest BCUT2D eigenvalue weighted by molar-refractivity contribution is 6.09. The van der Waals surface area contributed by atoms with Crippen molar-refractivity contribution in [3.05, 3.63) is 11.8 Å². The van der Waals surface area contributed by atoms with E-state index in [-0.39, 0.29) is 18.4 Å². The van der Waals surface area contributed by atoms with Crippen molar-refractivity contribution in [1.29, 1.82) is 0 Å². The molecular formula is C20H31N3O3. The summed E-state index contributed by atoms with van der Waals surface area (Å²) in [5, 5.41) is 2.91. The van der Waals surface area contributed by atoms with Gasteiger partial charge in [0.25, 0.3) is 5.91 Å². The van der Waals surface area contributed by atoms with Crippen LogP contribution < -0.4 is 5.32 Å². The summed E-state index contributed by atoms with van der Waals surface area (Å²) in [7, 11) is 0. The molecule has 26 heavy (non-hydrogen) atoms. The van der Waals surface area contributed by atoms with E-state index in [1.165, 1.54) is 0 Å². The Balaban J connectivity index is 1.68. The van der Waals surface area contributed by atoms with Crippen LogP contribution in [0.25, 0.3) is 0 Å². The lowest BCUT2D eigenvalue weighted by Gasteiger charge is -2.34. The van der Waals surface area contributed by atoms with Gasteiger partial charge in [-0.2, -0.15) is 0 Å². The largest absolute Gasteiger partial charge is 0.325 e. The maximum atomic E-state index is 13.0. The quantitative estimate of drug-likeness (QED) is 0.739. The van der Waals surface area contributed by atoms with E-state index >= 15 is 0 Å². The number of hydrogen-bond donors (Lipinski definition) is 1. The van der Waals surface area contributed by atoms with Crippen molar-refractivity contribution in [2.75, 3.05) is 13.1 Å². The molecule has 1 heterocycles. The molecule has 0 unspecified atom stereocenters. The predicted octanol–water partition coefficient (Wildman–Crippen LogP) is 3.18. The fourth-order valence-corrected chi connectivity index (χ4v) is 4.51. The highest BCUT2D eigenvalue weighted by Crippen LogP contribution is 2.37. The molecule has 0 radical (unpaired) electrons. The zero-order valence-corrected chi connectivity index (χ0v) is 16.1. The van der Waals surface area contributed by atoms with Crippen LogP contribution >= 0.6 is 0 Å². The second-order valence-corrected chi connectivity index (χ2v) is 7.89. The Labute approximate surface area is 156 Å². The summed E-state index contributed by atoms with van der Waals surface area (Å²) >= 11 is 0. The van der Waals surface area contributed by atoms with E-state index in [0.717, 1.165) is 55.5 Å². The van der Waals surface area contributed by atoms with Crippen LogP contribution in [0.2, 0.25) is 0 Å². The van der Waals surface area contributed by atoms with Crippen molar-refractivity contribution in [3.63, 3.8) is 0 Å². The number of amides is 4. The Morgan fingerprint density at radius 2 is 2.04 bits per heavy atom. The van der Waals surface area contributed by atoms with Gasteiger partial charge in [0.05, 0.1) is 0 Å². The van der Waals surface area contributed by atoms with Gasteiger partial charge in [-0.15, -0.1) is 0 Å². The van der Waals surface area contributed by atoms with E-state index in [0.29, 0.717) is 25.3 Å². The number of allylic oxidation sites excluding steroid dienone is 2. The van der Waals surface area contributed by atoms with Gasteiger partial charge in [-0.3, -0.25) is 14.5 Å². The molecule has 4 amide bonds. The van der Waals surface area contributed by atoms with Crippen LogP contribution in [-0.2, 0) is 9.59 Å². The lowest BCUT2D eigenvalue weighted by Crippen LogP contribution is -2.50. The molecule has 2 aliphatic carbocycles. The molecule has 1 N–H and O–H groups in total. The molecule has 144 valence electrons. The van der Waals surface area contributed by atoms with Gasteiger partial charge < -0.3 is 10.2 Å². The number of carbonyl (C=O) groups is 3. The summed E-state index contributed by atoms with van der Waals surface area (Å²) in [6.45, 7) is 4.69. The summed E-state index contributed by atoms with van der Waals surface area (Å²) < 4.78 is 0. The maximum Gasteiger partial charge on any atom is 0.325 e. The van der Waals surface area contributed by atoms with E-state index in [1.54, 1.807) is 4.90 Å². The molecule has 3 rings (SSSR count). The molecule has 1 saturated carbocycles. The van der Waals surface area contributed by atoms with Gasteiger partial charge in [-0.05, 0) is 57.3 Å². The first-order valence-electron chi connectivity index (χ1n) is 10.1. The van der Waals surface area contributed by atoms with Crippen LogP contribution in [0.15, 0.2) is 11.8 Å². The van der Waals surface area contributed by atoms with Gasteiger partial charge in [-0.25, -0.2) is 4.79 Å². The number of nitrogens with zero attached hydrogens (tertiary/aromatic N) is 2. The number of nitrogens with one attached hydrogen (secondary N) is 1. The minimum atomic E-state index is -0.773. The Morgan fingerprint density at radius 3 is 2.62 bits per heavy atom. The Kier molecular flexibility index (Phi) is 5.68. The summed E-state index contributed by atoms with van der Waals surface area (Å²) in [5.41, 5.74) is 0.271. The lowest BCUT2D eigenvalue weighted by molar-refractivity contribution is -0.139. The third kappa shape index (κ3) is 3.51. The third-order valence-corrected chi connectivity index (χ3v) is 6.19. The second kappa shape index (κ2) is 7.80. The van der Waals surface area contributed by atoms with Gasteiger partial charge >= 0.3 is 6.03 Å². The number of hydrogen-bond acceptors (Lipinski definition) is 3. The van der Waals surface area contributed by atoms with E-state index in [1.807, 2.05) is 6.92 Å². The summed E-state index contributed by atoms with van der Waals surface area (Å²) in [6, 6.07) is -0.407. The summed E-state index contributed by atoms with van der Waals surface area (Å²) in [4.78, 5) is 41.2. The van der Waals surface area contributed by atoms with Crippen LogP contribution in [0.5, 0.6) is 0 Å². The summed E-state index contributed by atoms with van der Waals surface area (Å²) in [5.74, 6) is 0.278.